The number of hydrogen-bond acceptors (Lipinski definition) is 18. The van der Waals surface area contributed by atoms with Crippen molar-refractivity contribution in [2.45, 2.75) is 180 Å². The molecule has 3 heterocycles. The highest BCUT2D eigenvalue weighted by Gasteiger charge is 2.53. The van der Waals surface area contributed by atoms with Crippen molar-refractivity contribution < 1.29 is 87.0 Å². The Morgan fingerprint density at radius 3 is 2.06 bits per heavy atom. The molecule has 1 saturated carbocycles. The van der Waals surface area contributed by atoms with Crippen LogP contribution in [0.1, 0.15) is 126 Å². The minimum absolute atomic E-state index is 0.0260. The predicted octanol–water partition coefficient (Wildman–Crippen LogP) is 5.61. The molecular formula is C60H97NO18. The first-order valence-electron chi connectivity index (χ1n) is 28.9. The van der Waals surface area contributed by atoms with Gasteiger partial charge in [0.1, 0.15) is 30.1 Å². The van der Waals surface area contributed by atoms with Crippen LogP contribution >= 0.6 is 0 Å². The molecule has 4 N–H and O–H groups in total. The first-order chi connectivity index (χ1) is 37.7. The zero-order valence-electron chi connectivity index (χ0n) is 48.8. The van der Waals surface area contributed by atoms with Crippen molar-refractivity contribution in [1.29, 1.82) is 0 Å². The summed E-state index contributed by atoms with van der Waals surface area (Å²) in [6, 6.07) is -1.18. The minimum Gasteiger partial charge on any atom is -0.460 e. The van der Waals surface area contributed by atoms with Gasteiger partial charge >= 0.3 is 5.97 Å². The van der Waals surface area contributed by atoms with Gasteiger partial charge in [0, 0.05) is 51.4 Å². The second kappa shape index (κ2) is 35.4. The Hall–Kier alpha value is -3.57. The predicted molar refractivity (Wildman–Crippen MR) is 294 cm³/mol. The van der Waals surface area contributed by atoms with Crippen molar-refractivity contribution in [2.24, 2.45) is 35.5 Å². The topological polar surface area (TPSA) is 253 Å². The number of carbonyl (C=O) groups excluding carboxylic acids is 5. The van der Waals surface area contributed by atoms with E-state index in [0.29, 0.717) is 103 Å². The van der Waals surface area contributed by atoms with E-state index in [1.54, 1.807) is 40.9 Å². The van der Waals surface area contributed by atoms with Crippen LogP contribution in [0.4, 0.5) is 0 Å². The highest BCUT2D eigenvalue weighted by Crippen LogP contribution is 2.38. The van der Waals surface area contributed by atoms with Gasteiger partial charge in [0.2, 0.25) is 5.79 Å². The van der Waals surface area contributed by atoms with Gasteiger partial charge < -0.3 is 68.0 Å². The highest BCUT2D eigenvalue weighted by atomic mass is 16.6. The molecule has 0 aromatic carbocycles. The third-order valence-electron chi connectivity index (χ3n) is 16.1. The highest BCUT2D eigenvalue weighted by molar-refractivity contribution is 6.39. The van der Waals surface area contributed by atoms with Crippen LogP contribution in [0.25, 0.3) is 0 Å². The fraction of sp³-hybridized carbons (Fsp3) is 0.783. The molecule has 1 aliphatic carbocycles. The summed E-state index contributed by atoms with van der Waals surface area (Å²) in [5.41, 5.74) is 1.19. The van der Waals surface area contributed by atoms with Gasteiger partial charge in [-0.3, -0.25) is 19.2 Å². The van der Waals surface area contributed by atoms with Gasteiger partial charge in [-0.1, -0.05) is 71.1 Å². The van der Waals surface area contributed by atoms with Crippen molar-refractivity contribution in [1.82, 2.24) is 4.90 Å². The molecule has 3 fully saturated rings. The van der Waals surface area contributed by atoms with E-state index in [-0.39, 0.29) is 87.7 Å². The molecule has 0 spiro atoms. The molecule has 79 heavy (non-hydrogen) atoms. The lowest BCUT2D eigenvalue weighted by atomic mass is 9.78. The number of carbonyl (C=O) groups is 5. The van der Waals surface area contributed by atoms with E-state index >= 15 is 0 Å². The first-order valence-corrected chi connectivity index (χ1v) is 28.9. The number of hydrogen-bond donors (Lipinski definition) is 4. The van der Waals surface area contributed by atoms with Crippen LogP contribution in [0.5, 0.6) is 0 Å². The summed E-state index contributed by atoms with van der Waals surface area (Å²) in [5, 5.41) is 43.1. The smallest absolute Gasteiger partial charge is 0.329 e. The number of aliphatic hydroxyl groups excluding tert-OH is 3. The van der Waals surface area contributed by atoms with E-state index in [2.05, 4.69) is 0 Å². The second-order valence-electron chi connectivity index (χ2n) is 22.4. The maximum Gasteiger partial charge on any atom is 0.329 e. The van der Waals surface area contributed by atoms with Crippen molar-refractivity contribution >= 4 is 29.2 Å². The minimum atomic E-state index is -2.50. The van der Waals surface area contributed by atoms with Gasteiger partial charge in [0.25, 0.3) is 11.7 Å². The van der Waals surface area contributed by atoms with Gasteiger partial charge in [-0.2, -0.15) is 0 Å². The normalized spacial score (nSPS) is 35.4. The van der Waals surface area contributed by atoms with Crippen LogP contribution in [0.15, 0.2) is 47.6 Å². The summed E-state index contributed by atoms with van der Waals surface area (Å²) in [6.45, 7) is 15.5. The fourth-order valence-corrected chi connectivity index (χ4v) is 11.1. The lowest BCUT2D eigenvalue weighted by molar-refractivity contribution is -0.266. The molecule has 2 saturated heterocycles. The molecule has 19 nitrogen and oxygen atoms in total. The standard InChI is InChI=1S/C60H97NO18/c1-39-15-11-10-12-16-40(2)51(77-32-31-76-30-29-75-28-27-74-26-25-73-24-23-62)37-47-20-18-45(7)60(70,79-47)57(67)58(68)61-22-14-13-17-48(61)59(69)78-52(42(4)35-46-19-21-49(63)53(36-46)71-8)38-50(64)41(3)34-44(6)55(66)56(72-9)54(65)43(5)33-39/h10-12,15-16,34,39,41-43,45-49,51-53,55-56,62-63,66,70H,13-14,17-33,35-38H2,1-9H3/b12-10+,15-11+,40-16+,44-34+/t39-,41-,42-,43-,45-,46+,47+,48+,49-,51+,52+,53-,55-,56+,60-/m1/s1. The number of rotatable bonds is 20. The Labute approximate surface area is 469 Å². The molecule has 4 rings (SSSR count). The number of methoxy groups -OCH3 is 2. The van der Waals surface area contributed by atoms with E-state index in [4.69, 9.17) is 47.7 Å². The molecule has 0 radical (unpaired) electrons. The summed E-state index contributed by atoms with van der Waals surface area (Å²) in [7, 11) is 2.93. The molecule has 1 amide bonds. The number of ketones is 3. The average Bonchev–Trinajstić information content (AvgIpc) is 3.46. The lowest BCUT2D eigenvalue weighted by Crippen LogP contribution is -2.61. The van der Waals surface area contributed by atoms with Gasteiger partial charge in [0.05, 0.1) is 90.5 Å². The maximum absolute atomic E-state index is 14.5. The molecule has 4 aliphatic rings. The van der Waals surface area contributed by atoms with Gasteiger partial charge in [-0.25, -0.2) is 4.79 Å². The Morgan fingerprint density at radius 1 is 0.759 bits per heavy atom. The lowest BCUT2D eigenvalue weighted by Gasteiger charge is -2.43. The number of nitrogens with zero attached hydrogens (tertiary/aromatic N) is 1. The number of Topliss-reactive ketones (excluding diaryl/α,β-unsaturated/α-hetero) is 3. The summed E-state index contributed by atoms with van der Waals surface area (Å²) in [5.74, 6) is -8.37. The molecule has 0 unspecified atom stereocenters. The summed E-state index contributed by atoms with van der Waals surface area (Å²) in [6.07, 6.45) is 10.4. The molecule has 15 atom stereocenters. The number of aliphatic hydroxyl groups is 4. The third-order valence-corrected chi connectivity index (χ3v) is 16.1. The summed E-state index contributed by atoms with van der Waals surface area (Å²) >= 11 is 0. The number of allylic oxidation sites excluding steroid dienone is 6. The number of esters is 1. The van der Waals surface area contributed by atoms with E-state index in [9.17, 15) is 39.3 Å². The Bertz CT molecular complexity index is 2010. The molecule has 19 heteroatoms. The van der Waals surface area contributed by atoms with E-state index < -0.39 is 83.9 Å². The number of amides is 1. The summed E-state index contributed by atoms with van der Waals surface area (Å²) in [4.78, 5) is 72.8. The Kier molecular flexibility index (Phi) is 30.5. The monoisotopic (exact) mass is 1120 g/mol. The zero-order valence-corrected chi connectivity index (χ0v) is 48.8. The number of piperidine rings is 1. The first kappa shape index (κ1) is 67.9. The van der Waals surface area contributed by atoms with Crippen molar-refractivity contribution in [3.8, 4) is 0 Å². The number of fused-ring (bicyclic) bond motifs is 3. The van der Waals surface area contributed by atoms with Crippen LogP contribution in [-0.2, 0) is 66.6 Å². The van der Waals surface area contributed by atoms with Crippen molar-refractivity contribution in [2.75, 3.05) is 86.8 Å². The number of ether oxygens (including phenoxy) is 9. The van der Waals surface area contributed by atoms with E-state index in [0.717, 1.165) is 5.57 Å². The molecule has 2 bridgehead atoms. The fourth-order valence-electron chi connectivity index (χ4n) is 11.1. The molecule has 0 aromatic heterocycles. The van der Waals surface area contributed by atoms with Crippen molar-refractivity contribution in [3.05, 3.63) is 47.6 Å². The molecule has 450 valence electrons. The maximum atomic E-state index is 14.5. The van der Waals surface area contributed by atoms with E-state index in [1.165, 1.54) is 12.0 Å². The summed E-state index contributed by atoms with van der Waals surface area (Å²) < 4.78 is 52.2. The quantitative estimate of drug-likeness (QED) is 0.0500. The Balaban J connectivity index is 1.61. The molecule has 0 aromatic rings. The van der Waals surface area contributed by atoms with E-state index in [1.807, 2.05) is 51.2 Å². The van der Waals surface area contributed by atoms with Crippen LogP contribution < -0.4 is 0 Å². The second-order valence-corrected chi connectivity index (χ2v) is 22.4. The largest absolute Gasteiger partial charge is 0.460 e. The van der Waals surface area contributed by atoms with Gasteiger partial charge in [0.15, 0.2) is 5.78 Å². The zero-order chi connectivity index (χ0) is 58.1. The number of cyclic esters (lactones) is 1. The molecule has 3 aliphatic heterocycles. The van der Waals surface area contributed by atoms with Gasteiger partial charge in [-0.15, -0.1) is 0 Å². The van der Waals surface area contributed by atoms with Crippen LogP contribution in [0, 0.1) is 35.5 Å². The molecular weight excluding hydrogens is 1020 g/mol. The van der Waals surface area contributed by atoms with Crippen LogP contribution in [0.3, 0.4) is 0 Å². The Morgan fingerprint density at radius 2 is 1.42 bits per heavy atom. The average molecular weight is 1120 g/mol. The third kappa shape index (κ3) is 21.6. The van der Waals surface area contributed by atoms with Crippen molar-refractivity contribution in [3.63, 3.8) is 0 Å². The van der Waals surface area contributed by atoms with Crippen LogP contribution in [-0.4, -0.2) is 196 Å². The van der Waals surface area contributed by atoms with Gasteiger partial charge in [-0.05, 0) is 107 Å². The van der Waals surface area contributed by atoms with Crippen LogP contribution in [0.2, 0.25) is 0 Å². The SMILES string of the molecule is CO[C@@H]1C[C@H](C[C@@H](C)[C@@H]2CC(=O)[C@H](C)/C=C(\C)[C@@H](O)[C@@H](OC)C(=O)[C@H](C)C[C@H](C)/C=C/C=C/C=C(\C)[C@@H](OCCOCCOCCOCCOCCO)C[C@@H]3CC[C@@H](C)[C@@](O)(O3)C(=O)C(=O)N3CCCC[C@H]3C(=O)O2)CC[C@H]1O.